The van der Waals surface area contributed by atoms with Crippen LogP contribution in [0.25, 0.3) is 0 Å². The smallest absolute Gasteiger partial charge is 0.226 e. The third-order valence-electron chi connectivity index (χ3n) is 5.38. The molecule has 1 aromatic carbocycles. The minimum atomic E-state index is -0.0800. The highest BCUT2D eigenvalue weighted by atomic mass is 16.5. The van der Waals surface area contributed by atoms with Crippen molar-refractivity contribution in [3.63, 3.8) is 0 Å². The summed E-state index contributed by atoms with van der Waals surface area (Å²) in [6.45, 7) is 2.14. The zero-order valence-electron chi connectivity index (χ0n) is 12.6. The molecule has 5 heteroatoms. The predicted octanol–water partition coefficient (Wildman–Crippen LogP) is 1.19. The SMILES string of the molecule is O=C(C1CCOCC1)N1[C@@H]2CNc3ccccc3[C@@H]2[C@@H]1CO. The highest BCUT2D eigenvalue weighted by Crippen LogP contribution is 2.46. The van der Waals surface area contributed by atoms with Gasteiger partial charge < -0.3 is 20.1 Å². The van der Waals surface area contributed by atoms with Crippen LogP contribution < -0.4 is 5.32 Å². The molecule has 1 amide bonds. The average Bonchev–Trinajstić information content (AvgIpc) is 2.56. The lowest BCUT2D eigenvalue weighted by Crippen LogP contribution is -2.70. The van der Waals surface area contributed by atoms with E-state index in [1.54, 1.807) is 0 Å². The number of aliphatic hydroxyl groups excluding tert-OH is 1. The van der Waals surface area contributed by atoms with Gasteiger partial charge in [0.05, 0.1) is 18.7 Å². The lowest BCUT2D eigenvalue weighted by Gasteiger charge is -2.58. The van der Waals surface area contributed by atoms with E-state index >= 15 is 0 Å². The number of amides is 1. The zero-order chi connectivity index (χ0) is 15.1. The minimum absolute atomic E-state index is 0.0322. The molecule has 0 unspecified atom stereocenters. The summed E-state index contributed by atoms with van der Waals surface area (Å²) in [5.41, 5.74) is 2.37. The Morgan fingerprint density at radius 2 is 2.09 bits per heavy atom. The molecule has 0 aromatic heterocycles. The van der Waals surface area contributed by atoms with Gasteiger partial charge in [-0.05, 0) is 24.5 Å². The van der Waals surface area contributed by atoms with Crippen LogP contribution in [0.15, 0.2) is 24.3 Å². The van der Waals surface area contributed by atoms with Crippen molar-refractivity contribution in [1.82, 2.24) is 4.90 Å². The van der Waals surface area contributed by atoms with E-state index in [9.17, 15) is 9.90 Å². The third kappa shape index (κ3) is 2.03. The van der Waals surface area contributed by atoms with Gasteiger partial charge in [0.25, 0.3) is 0 Å². The predicted molar refractivity (Wildman–Crippen MR) is 82.7 cm³/mol. The van der Waals surface area contributed by atoms with Crippen LogP contribution in [0.2, 0.25) is 0 Å². The molecule has 2 N–H and O–H groups in total. The molecule has 2 saturated heterocycles. The summed E-state index contributed by atoms with van der Waals surface area (Å²) in [5.74, 6) is 0.511. The summed E-state index contributed by atoms with van der Waals surface area (Å²) in [6.07, 6.45) is 1.60. The molecule has 2 fully saturated rings. The van der Waals surface area contributed by atoms with E-state index < -0.39 is 0 Å². The first-order valence-corrected chi connectivity index (χ1v) is 8.15. The molecule has 0 spiro atoms. The Balaban J connectivity index is 1.57. The molecule has 3 aliphatic heterocycles. The number of carbonyl (C=O) groups is 1. The van der Waals surface area contributed by atoms with E-state index in [-0.39, 0.29) is 36.4 Å². The first-order valence-electron chi connectivity index (χ1n) is 8.15. The van der Waals surface area contributed by atoms with Crippen LogP contribution in [0.5, 0.6) is 0 Å². The second-order valence-corrected chi connectivity index (χ2v) is 6.44. The molecule has 0 radical (unpaired) electrons. The molecule has 3 atom stereocenters. The summed E-state index contributed by atoms with van der Waals surface area (Å²) >= 11 is 0. The number of nitrogens with zero attached hydrogens (tertiary/aromatic N) is 1. The molecular weight excluding hydrogens is 280 g/mol. The number of hydrogen-bond donors (Lipinski definition) is 2. The van der Waals surface area contributed by atoms with Crippen molar-refractivity contribution in [3.05, 3.63) is 29.8 Å². The fourth-order valence-electron chi connectivity index (χ4n) is 4.23. The van der Waals surface area contributed by atoms with Gasteiger partial charge in [-0.25, -0.2) is 0 Å². The fourth-order valence-corrected chi connectivity index (χ4v) is 4.23. The Kier molecular flexibility index (Phi) is 3.54. The highest BCUT2D eigenvalue weighted by Gasteiger charge is 2.54. The molecular formula is C17H22N2O3. The van der Waals surface area contributed by atoms with Gasteiger partial charge in [0.2, 0.25) is 5.91 Å². The Morgan fingerprint density at radius 3 is 2.86 bits per heavy atom. The van der Waals surface area contributed by atoms with Crippen molar-refractivity contribution in [2.45, 2.75) is 30.8 Å². The molecule has 0 saturated carbocycles. The van der Waals surface area contributed by atoms with Crippen LogP contribution in [0.4, 0.5) is 5.69 Å². The maximum Gasteiger partial charge on any atom is 0.226 e. The van der Waals surface area contributed by atoms with Gasteiger partial charge in [-0.1, -0.05) is 18.2 Å². The van der Waals surface area contributed by atoms with Crippen LogP contribution in [-0.2, 0) is 9.53 Å². The molecule has 0 bridgehead atoms. The number of nitrogens with one attached hydrogen (secondary N) is 1. The van der Waals surface area contributed by atoms with Crippen molar-refractivity contribution in [3.8, 4) is 0 Å². The number of rotatable bonds is 2. The Bertz CT molecular complexity index is 571. The number of benzene rings is 1. The van der Waals surface area contributed by atoms with Gasteiger partial charge in [-0.2, -0.15) is 0 Å². The van der Waals surface area contributed by atoms with Gasteiger partial charge in [-0.3, -0.25) is 4.79 Å². The number of aliphatic hydroxyl groups is 1. The second kappa shape index (κ2) is 5.56. The maximum absolute atomic E-state index is 12.8. The number of carbonyl (C=O) groups excluding carboxylic acids is 1. The Labute approximate surface area is 130 Å². The quantitative estimate of drug-likeness (QED) is 0.861. The summed E-state index contributed by atoms with van der Waals surface area (Å²) in [4.78, 5) is 14.8. The molecule has 22 heavy (non-hydrogen) atoms. The first-order chi connectivity index (χ1) is 10.8. The van der Waals surface area contributed by atoms with Crippen LogP contribution in [0.3, 0.4) is 0 Å². The lowest BCUT2D eigenvalue weighted by atomic mass is 9.71. The number of hydrogen-bond acceptors (Lipinski definition) is 4. The van der Waals surface area contributed by atoms with Crippen LogP contribution in [0, 0.1) is 5.92 Å². The molecule has 3 aliphatic rings. The first kappa shape index (κ1) is 14.0. The van der Waals surface area contributed by atoms with E-state index in [0.717, 1.165) is 25.1 Å². The molecule has 3 heterocycles. The van der Waals surface area contributed by atoms with Crippen LogP contribution >= 0.6 is 0 Å². The van der Waals surface area contributed by atoms with Crippen LogP contribution in [0.1, 0.15) is 24.3 Å². The normalized spacial score (nSPS) is 30.8. The van der Waals surface area contributed by atoms with E-state index in [1.807, 2.05) is 17.0 Å². The van der Waals surface area contributed by atoms with Crippen LogP contribution in [-0.4, -0.2) is 54.4 Å². The largest absolute Gasteiger partial charge is 0.394 e. The van der Waals surface area contributed by atoms with Gasteiger partial charge in [0.15, 0.2) is 0 Å². The van der Waals surface area contributed by atoms with E-state index in [4.69, 9.17) is 4.74 Å². The van der Waals surface area contributed by atoms with Gasteiger partial charge in [0.1, 0.15) is 0 Å². The summed E-state index contributed by atoms with van der Waals surface area (Å²) in [7, 11) is 0. The standard InChI is InChI=1S/C17H22N2O3/c20-10-15-16-12-3-1-2-4-13(12)18-9-14(16)19(15)17(21)11-5-7-22-8-6-11/h1-4,11,14-16,18,20H,5-10H2/t14-,15+,16+/m1/s1. The molecule has 4 rings (SSSR count). The molecule has 0 aliphatic carbocycles. The average molecular weight is 302 g/mol. The topological polar surface area (TPSA) is 61.8 Å². The van der Waals surface area contributed by atoms with Crippen molar-refractivity contribution in [2.24, 2.45) is 5.92 Å². The molecule has 5 nitrogen and oxygen atoms in total. The highest BCUT2D eigenvalue weighted by molar-refractivity contribution is 5.82. The summed E-state index contributed by atoms with van der Waals surface area (Å²) in [5, 5.41) is 13.3. The number of anilines is 1. The molecule has 118 valence electrons. The monoisotopic (exact) mass is 302 g/mol. The van der Waals surface area contributed by atoms with E-state index in [2.05, 4.69) is 17.4 Å². The second-order valence-electron chi connectivity index (χ2n) is 6.44. The van der Waals surface area contributed by atoms with Gasteiger partial charge in [0, 0.05) is 37.3 Å². The van der Waals surface area contributed by atoms with Gasteiger partial charge >= 0.3 is 0 Å². The zero-order valence-corrected chi connectivity index (χ0v) is 12.6. The van der Waals surface area contributed by atoms with Gasteiger partial charge in [-0.15, -0.1) is 0 Å². The van der Waals surface area contributed by atoms with Crippen molar-refractivity contribution < 1.29 is 14.6 Å². The van der Waals surface area contributed by atoms with Crippen molar-refractivity contribution in [1.29, 1.82) is 0 Å². The summed E-state index contributed by atoms with van der Waals surface area (Å²) in [6, 6.07) is 8.32. The van der Waals surface area contributed by atoms with E-state index in [0.29, 0.717) is 13.2 Å². The Hall–Kier alpha value is -1.59. The number of ether oxygens (including phenoxy) is 1. The Morgan fingerprint density at radius 1 is 1.32 bits per heavy atom. The third-order valence-corrected chi connectivity index (χ3v) is 5.38. The van der Waals surface area contributed by atoms with E-state index in [1.165, 1.54) is 5.56 Å². The summed E-state index contributed by atoms with van der Waals surface area (Å²) < 4.78 is 5.36. The van der Waals surface area contributed by atoms with Crippen molar-refractivity contribution in [2.75, 3.05) is 31.7 Å². The number of para-hydroxylation sites is 1. The fraction of sp³-hybridized carbons (Fsp3) is 0.588. The minimum Gasteiger partial charge on any atom is -0.394 e. The molecule has 1 aromatic rings. The maximum atomic E-state index is 12.8. The number of fused-ring (bicyclic) bond motifs is 3. The van der Waals surface area contributed by atoms with Crippen molar-refractivity contribution >= 4 is 11.6 Å². The number of likely N-dealkylation sites (tertiary alicyclic amines) is 1. The lowest BCUT2D eigenvalue weighted by molar-refractivity contribution is -0.157.